The molecule has 0 bridgehead atoms. The van der Waals surface area contributed by atoms with E-state index < -0.39 is 0 Å². The Morgan fingerprint density at radius 1 is 1.00 bits per heavy atom. The van der Waals surface area contributed by atoms with Gasteiger partial charge in [-0.1, -0.05) is 51.8 Å². The molecular formula is C24H19BrClN3O2. The third kappa shape index (κ3) is 5.96. The second kappa shape index (κ2) is 9.81. The SMILES string of the molecule is O=C(Nc1ccn(Cc2ccc(Cl)cc2)n1)c1cccc(COc2ccc(Br)cc2)c1. The van der Waals surface area contributed by atoms with Crippen LogP contribution in [0.25, 0.3) is 0 Å². The molecule has 3 aromatic carbocycles. The number of benzene rings is 3. The summed E-state index contributed by atoms with van der Waals surface area (Å²) in [6.07, 6.45) is 1.83. The Morgan fingerprint density at radius 2 is 1.77 bits per heavy atom. The molecule has 1 aromatic heterocycles. The lowest BCUT2D eigenvalue weighted by Crippen LogP contribution is -2.13. The van der Waals surface area contributed by atoms with Gasteiger partial charge in [-0.2, -0.15) is 5.10 Å². The predicted molar refractivity (Wildman–Crippen MR) is 126 cm³/mol. The summed E-state index contributed by atoms with van der Waals surface area (Å²) in [7, 11) is 0. The maximum absolute atomic E-state index is 12.7. The maximum atomic E-state index is 12.7. The summed E-state index contributed by atoms with van der Waals surface area (Å²) in [5.74, 6) is 1.04. The third-order valence-corrected chi connectivity index (χ3v) is 5.33. The van der Waals surface area contributed by atoms with E-state index in [1.54, 1.807) is 16.8 Å². The largest absolute Gasteiger partial charge is 0.489 e. The summed E-state index contributed by atoms with van der Waals surface area (Å²) in [6, 6.07) is 24.3. The van der Waals surface area contributed by atoms with Crippen molar-refractivity contribution in [3.8, 4) is 5.75 Å². The minimum Gasteiger partial charge on any atom is -0.489 e. The van der Waals surface area contributed by atoms with E-state index in [9.17, 15) is 4.79 Å². The van der Waals surface area contributed by atoms with Crippen molar-refractivity contribution in [2.24, 2.45) is 0 Å². The van der Waals surface area contributed by atoms with Gasteiger partial charge in [-0.05, 0) is 59.7 Å². The highest BCUT2D eigenvalue weighted by molar-refractivity contribution is 9.10. The van der Waals surface area contributed by atoms with Gasteiger partial charge >= 0.3 is 0 Å². The van der Waals surface area contributed by atoms with E-state index in [-0.39, 0.29) is 5.91 Å². The van der Waals surface area contributed by atoms with E-state index in [2.05, 4.69) is 26.3 Å². The molecule has 0 radical (unpaired) electrons. The highest BCUT2D eigenvalue weighted by Gasteiger charge is 2.09. The molecule has 0 unspecified atom stereocenters. The van der Waals surface area contributed by atoms with Crippen LogP contribution in [0.5, 0.6) is 5.75 Å². The van der Waals surface area contributed by atoms with Gasteiger partial charge in [0.2, 0.25) is 0 Å². The van der Waals surface area contributed by atoms with Crippen LogP contribution in [0.2, 0.25) is 5.02 Å². The van der Waals surface area contributed by atoms with Gasteiger partial charge in [0.25, 0.3) is 5.91 Å². The van der Waals surface area contributed by atoms with Gasteiger partial charge in [-0.25, -0.2) is 0 Å². The second-order valence-electron chi connectivity index (χ2n) is 6.92. The molecule has 0 aliphatic rings. The van der Waals surface area contributed by atoms with Crippen LogP contribution in [-0.2, 0) is 13.2 Å². The molecule has 156 valence electrons. The van der Waals surface area contributed by atoms with Crippen LogP contribution >= 0.6 is 27.5 Å². The Balaban J connectivity index is 1.36. The molecule has 4 rings (SSSR count). The normalized spacial score (nSPS) is 10.6. The highest BCUT2D eigenvalue weighted by atomic mass is 79.9. The smallest absolute Gasteiger partial charge is 0.256 e. The van der Waals surface area contributed by atoms with E-state index in [1.807, 2.05) is 72.9 Å². The summed E-state index contributed by atoms with van der Waals surface area (Å²) in [5.41, 5.74) is 2.52. The fourth-order valence-electron chi connectivity index (χ4n) is 2.98. The number of amides is 1. The van der Waals surface area contributed by atoms with Crippen molar-refractivity contribution in [1.82, 2.24) is 9.78 Å². The minimum atomic E-state index is -0.220. The molecule has 1 amide bonds. The standard InChI is InChI=1S/C24H19BrClN3O2/c25-20-6-10-22(11-7-20)31-16-18-2-1-3-19(14-18)24(30)27-23-12-13-29(28-23)15-17-4-8-21(26)9-5-17/h1-14H,15-16H2,(H,27,28,30). The van der Waals surface area contributed by atoms with E-state index in [0.29, 0.717) is 29.6 Å². The van der Waals surface area contributed by atoms with E-state index >= 15 is 0 Å². The number of halogens is 2. The number of rotatable bonds is 7. The molecule has 7 heteroatoms. The first-order valence-corrected chi connectivity index (χ1v) is 10.8. The van der Waals surface area contributed by atoms with Crippen LogP contribution < -0.4 is 10.1 Å². The zero-order chi connectivity index (χ0) is 21.6. The molecule has 5 nitrogen and oxygen atoms in total. The fraction of sp³-hybridized carbons (Fsp3) is 0.0833. The second-order valence-corrected chi connectivity index (χ2v) is 8.27. The fourth-order valence-corrected chi connectivity index (χ4v) is 3.37. The number of nitrogens with zero attached hydrogens (tertiary/aromatic N) is 2. The minimum absolute atomic E-state index is 0.220. The maximum Gasteiger partial charge on any atom is 0.256 e. The molecule has 1 heterocycles. The molecule has 0 saturated carbocycles. The summed E-state index contributed by atoms with van der Waals surface area (Å²) in [6.45, 7) is 0.967. The van der Waals surface area contributed by atoms with E-state index in [0.717, 1.165) is 21.3 Å². The monoisotopic (exact) mass is 495 g/mol. The molecular weight excluding hydrogens is 478 g/mol. The zero-order valence-corrected chi connectivity index (χ0v) is 18.8. The number of nitrogens with one attached hydrogen (secondary N) is 1. The quantitative estimate of drug-likeness (QED) is 0.332. The van der Waals surface area contributed by atoms with Crippen molar-refractivity contribution in [3.63, 3.8) is 0 Å². The average molecular weight is 497 g/mol. The Hall–Kier alpha value is -3.09. The molecule has 1 N–H and O–H groups in total. The van der Waals surface area contributed by atoms with Gasteiger partial charge < -0.3 is 10.1 Å². The molecule has 0 aliphatic carbocycles. The van der Waals surface area contributed by atoms with Crippen molar-refractivity contribution >= 4 is 39.3 Å². The Labute approximate surface area is 193 Å². The Morgan fingerprint density at radius 3 is 2.55 bits per heavy atom. The lowest BCUT2D eigenvalue weighted by Gasteiger charge is -2.08. The summed E-state index contributed by atoms with van der Waals surface area (Å²) >= 11 is 9.33. The van der Waals surface area contributed by atoms with Crippen molar-refractivity contribution in [3.05, 3.63) is 111 Å². The van der Waals surface area contributed by atoms with Crippen LogP contribution in [0.4, 0.5) is 5.82 Å². The van der Waals surface area contributed by atoms with Crippen LogP contribution in [0.1, 0.15) is 21.5 Å². The van der Waals surface area contributed by atoms with Crippen molar-refractivity contribution in [2.75, 3.05) is 5.32 Å². The number of ether oxygens (including phenoxy) is 1. The summed E-state index contributed by atoms with van der Waals surface area (Å²) < 4.78 is 8.55. The van der Waals surface area contributed by atoms with Gasteiger partial charge in [-0.15, -0.1) is 0 Å². The van der Waals surface area contributed by atoms with Gasteiger partial charge in [-0.3, -0.25) is 9.48 Å². The van der Waals surface area contributed by atoms with Crippen molar-refractivity contribution < 1.29 is 9.53 Å². The van der Waals surface area contributed by atoms with Gasteiger partial charge in [0.15, 0.2) is 5.82 Å². The van der Waals surface area contributed by atoms with Crippen LogP contribution in [0, 0.1) is 0 Å². The van der Waals surface area contributed by atoms with Crippen molar-refractivity contribution in [1.29, 1.82) is 0 Å². The zero-order valence-electron chi connectivity index (χ0n) is 16.5. The number of aromatic nitrogens is 2. The number of hydrogen-bond acceptors (Lipinski definition) is 3. The van der Waals surface area contributed by atoms with Gasteiger partial charge in [0.1, 0.15) is 12.4 Å². The van der Waals surface area contributed by atoms with E-state index in [1.165, 1.54) is 0 Å². The highest BCUT2D eigenvalue weighted by Crippen LogP contribution is 2.18. The molecule has 4 aromatic rings. The predicted octanol–water partition coefficient (Wildman–Crippen LogP) is 6.18. The molecule has 31 heavy (non-hydrogen) atoms. The molecule has 0 saturated heterocycles. The molecule has 0 spiro atoms. The number of anilines is 1. The number of carbonyl (C=O) groups excluding carboxylic acids is 1. The van der Waals surface area contributed by atoms with Crippen LogP contribution in [0.15, 0.2) is 89.5 Å². The van der Waals surface area contributed by atoms with Crippen molar-refractivity contribution in [2.45, 2.75) is 13.2 Å². The average Bonchev–Trinajstić information content (AvgIpc) is 3.22. The molecule has 0 atom stereocenters. The first kappa shape index (κ1) is 21.2. The van der Waals surface area contributed by atoms with E-state index in [4.69, 9.17) is 16.3 Å². The lowest BCUT2D eigenvalue weighted by molar-refractivity contribution is 0.102. The Kier molecular flexibility index (Phi) is 6.70. The Bertz CT molecular complexity index is 1170. The van der Waals surface area contributed by atoms with Crippen LogP contribution in [0.3, 0.4) is 0 Å². The molecule has 0 fully saturated rings. The van der Waals surface area contributed by atoms with Gasteiger partial charge in [0.05, 0.1) is 6.54 Å². The number of hydrogen-bond donors (Lipinski definition) is 1. The summed E-state index contributed by atoms with van der Waals surface area (Å²) in [4.78, 5) is 12.7. The molecule has 0 aliphatic heterocycles. The van der Waals surface area contributed by atoms with Crippen LogP contribution in [-0.4, -0.2) is 15.7 Å². The number of carbonyl (C=O) groups is 1. The van der Waals surface area contributed by atoms with Gasteiger partial charge in [0, 0.05) is 27.3 Å². The first-order chi connectivity index (χ1) is 15.0. The first-order valence-electron chi connectivity index (χ1n) is 9.62. The topological polar surface area (TPSA) is 56.2 Å². The lowest BCUT2D eigenvalue weighted by atomic mass is 10.1. The third-order valence-electron chi connectivity index (χ3n) is 4.55. The summed E-state index contributed by atoms with van der Waals surface area (Å²) in [5, 5.41) is 7.96.